The van der Waals surface area contributed by atoms with E-state index in [4.69, 9.17) is 21.3 Å². The summed E-state index contributed by atoms with van der Waals surface area (Å²) in [6.07, 6.45) is 5.25. The van der Waals surface area contributed by atoms with E-state index in [-0.39, 0.29) is 64.9 Å². The number of carbonyl (C=O) groups excluding carboxylic acids is 5. The summed E-state index contributed by atoms with van der Waals surface area (Å²) in [5.41, 5.74) is 0.444. The zero-order valence-electron chi connectivity index (χ0n) is 35.2. The summed E-state index contributed by atoms with van der Waals surface area (Å²) in [5, 5.41) is 15.0. The van der Waals surface area contributed by atoms with Crippen LogP contribution in [0.5, 0.6) is 5.75 Å². The fourth-order valence-corrected chi connectivity index (χ4v) is 11.6. The maximum atomic E-state index is 15.8. The van der Waals surface area contributed by atoms with Gasteiger partial charge in [-0.15, -0.1) is 0 Å². The molecule has 2 N–H and O–H groups in total. The van der Waals surface area contributed by atoms with Crippen LogP contribution < -0.4 is 25.2 Å². The Balaban J connectivity index is 0.767. The molecule has 5 amide bonds. The van der Waals surface area contributed by atoms with Crippen molar-refractivity contribution < 1.29 is 33.1 Å². The number of aromatic nitrogens is 1. The molecular weight excluding hydrogens is 815 g/mol. The van der Waals surface area contributed by atoms with Gasteiger partial charge in [0.1, 0.15) is 35.6 Å². The standard InChI is InChI=1S/C46H50ClFN8O6/c1-45(2)43(46(3,4)44(45)62-30-9-5-26(20-49)33(47)17-30)52-39(58)27-6-11-37(50-21-27)54-15-13-25(14-16-54)22-53-23-28-7-8-29(24-53)55(28)36-19-32-31(18-34(36)48)41(60)56(42(32)61)35-10-12-38(57)51-40(35)59/h5-6,9,11,17-19,21,25,28-29,35,43-44H,7-8,10,12-16,22-24H2,1-4H3,(H,52,58)(H,51,57,59). The molecule has 1 aliphatic carbocycles. The van der Waals surface area contributed by atoms with Gasteiger partial charge in [-0.2, -0.15) is 5.26 Å². The van der Waals surface area contributed by atoms with Gasteiger partial charge in [0.05, 0.1) is 33.0 Å². The van der Waals surface area contributed by atoms with Crippen molar-refractivity contribution in [2.45, 2.75) is 96.5 Å². The maximum absolute atomic E-state index is 15.8. The van der Waals surface area contributed by atoms with E-state index < -0.39 is 35.5 Å². The molecule has 5 aliphatic heterocycles. The third-order valence-corrected chi connectivity index (χ3v) is 14.6. The molecule has 3 unspecified atom stereocenters. The van der Waals surface area contributed by atoms with E-state index in [1.54, 1.807) is 24.4 Å². The van der Waals surface area contributed by atoms with Crippen molar-refractivity contribution in [3.05, 3.63) is 81.8 Å². The van der Waals surface area contributed by atoms with Gasteiger partial charge in [-0.05, 0) is 74.4 Å². The average molecular weight is 865 g/mol. The molecule has 2 bridgehead atoms. The fourth-order valence-electron chi connectivity index (χ4n) is 11.4. The van der Waals surface area contributed by atoms with Crippen molar-refractivity contribution in [3.63, 3.8) is 0 Å². The number of likely N-dealkylation sites (tertiary alicyclic amines) is 1. The molecule has 16 heteroatoms. The van der Waals surface area contributed by atoms with Crippen LogP contribution >= 0.6 is 11.6 Å². The third-order valence-electron chi connectivity index (χ3n) is 14.2. The number of benzene rings is 2. The van der Waals surface area contributed by atoms with E-state index in [1.165, 1.54) is 6.07 Å². The number of imide groups is 2. The second-order valence-electron chi connectivity index (χ2n) is 18.9. The van der Waals surface area contributed by atoms with Crippen molar-refractivity contribution in [3.8, 4) is 11.8 Å². The van der Waals surface area contributed by atoms with Crippen LogP contribution in [0.3, 0.4) is 0 Å². The van der Waals surface area contributed by atoms with Crippen LogP contribution in [0.2, 0.25) is 5.02 Å². The van der Waals surface area contributed by atoms with E-state index in [2.05, 4.69) is 59.1 Å². The second-order valence-corrected chi connectivity index (χ2v) is 19.4. The van der Waals surface area contributed by atoms with E-state index >= 15 is 4.39 Å². The van der Waals surface area contributed by atoms with Crippen molar-refractivity contribution in [2.24, 2.45) is 16.7 Å². The minimum absolute atomic E-state index is 0.0157. The van der Waals surface area contributed by atoms with Crippen molar-refractivity contribution in [1.82, 2.24) is 25.4 Å². The molecule has 62 heavy (non-hydrogen) atoms. The van der Waals surface area contributed by atoms with E-state index in [0.717, 1.165) is 75.2 Å². The van der Waals surface area contributed by atoms with Crippen molar-refractivity contribution in [2.75, 3.05) is 42.5 Å². The zero-order valence-corrected chi connectivity index (χ0v) is 36.0. The lowest BCUT2D eigenvalue weighted by Crippen LogP contribution is -2.74. The monoisotopic (exact) mass is 864 g/mol. The Labute approximate surface area is 364 Å². The summed E-state index contributed by atoms with van der Waals surface area (Å²) < 4.78 is 22.2. The number of amides is 5. The number of fused-ring (bicyclic) bond motifs is 3. The number of ether oxygens (including phenoxy) is 1. The molecule has 3 aromatic rings. The van der Waals surface area contributed by atoms with E-state index in [9.17, 15) is 29.2 Å². The highest BCUT2D eigenvalue weighted by atomic mass is 35.5. The van der Waals surface area contributed by atoms with Crippen molar-refractivity contribution >= 4 is 52.6 Å². The molecule has 0 radical (unpaired) electrons. The van der Waals surface area contributed by atoms with Crippen LogP contribution in [0.25, 0.3) is 0 Å². The molecule has 14 nitrogen and oxygen atoms in total. The van der Waals surface area contributed by atoms with Crippen LogP contribution in [0.15, 0.2) is 48.7 Å². The van der Waals surface area contributed by atoms with Crippen LogP contribution in [0, 0.1) is 33.9 Å². The first kappa shape index (κ1) is 41.7. The Morgan fingerprint density at radius 3 is 2.24 bits per heavy atom. The Morgan fingerprint density at radius 2 is 1.63 bits per heavy atom. The number of pyridine rings is 1. The molecule has 6 aliphatic rings. The van der Waals surface area contributed by atoms with Gasteiger partial charge in [0.2, 0.25) is 11.8 Å². The predicted octanol–water partition coefficient (Wildman–Crippen LogP) is 5.33. The minimum Gasteiger partial charge on any atom is -0.489 e. The van der Waals surface area contributed by atoms with Gasteiger partial charge in [0, 0.05) is 80.4 Å². The largest absolute Gasteiger partial charge is 0.489 e. The molecule has 0 spiro atoms. The molecule has 1 saturated carbocycles. The van der Waals surface area contributed by atoms with Crippen LogP contribution in [-0.2, 0) is 9.59 Å². The molecular formula is C46H50ClFN8O6. The third kappa shape index (κ3) is 7.14. The smallest absolute Gasteiger partial charge is 0.262 e. The fraction of sp³-hybridized carbons (Fsp3) is 0.500. The SMILES string of the molecule is CC1(C)C(NC(=O)c2ccc(N3CCC(CN4CC5CCC(C4)N5c4cc5c(cc4F)C(=O)N(C4CCC(=O)NC4=O)C5=O)CC3)nc2)C(C)(C)C1Oc1ccc(C#N)c(Cl)c1. The Bertz CT molecular complexity index is 2380. The predicted molar refractivity (Wildman–Crippen MR) is 227 cm³/mol. The molecule has 5 fully saturated rings. The van der Waals surface area contributed by atoms with Crippen LogP contribution in [0.4, 0.5) is 15.9 Å². The normalized spacial score (nSPS) is 26.8. The second kappa shape index (κ2) is 15.6. The number of piperazine rings is 1. The highest BCUT2D eigenvalue weighted by molar-refractivity contribution is 6.31. The van der Waals surface area contributed by atoms with Crippen LogP contribution in [-0.4, -0.2) is 107 Å². The summed E-state index contributed by atoms with van der Waals surface area (Å²) in [6.45, 7) is 12.4. The van der Waals surface area contributed by atoms with E-state index in [0.29, 0.717) is 33.5 Å². The first-order valence-corrected chi connectivity index (χ1v) is 21.9. The van der Waals surface area contributed by atoms with Gasteiger partial charge < -0.3 is 19.9 Å². The Hall–Kier alpha value is -5.59. The number of halogens is 2. The molecule has 2 aromatic carbocycles. The first-order valence-electron chi connectivity index (χ1n) is 21.5. The summed E-state index contributed by atoms with van der Waals surface area (Å²) in [6, 6.07) is 12.3. The topological polar surface area (TPSA) is 168 Å². The number of nitrogens with zero attached hydrogens (tertiary/aromatic N) is 6. The molecule has 324 valence electrons. The maximum Gasteiger partial charge on any atom is 0.262 e. The summed E-state index contributed by atoms with van der Waals surface area (Å²) in [5.74, 6) is -1.36. The van der Waals surface area contributed by atoms with Crippen molar-refractivity contribution in [1.29, 1.82) is 5.26 Å². The summed E-state index contributed by atoms with van der Waals surface area (Å²) in [4.78, 5) is 76.9. The van der Waals surface area contributed by atoms with E-state index in [1.807, 2.05) is 12.1 Å². The molecule has 3 atom stereocenters. The van der Waals surface area contributed by atoms with Gasteiger partial charge >= 0.3 is 0 Å². The number of rotatable bonds is 9. The van der Waals surface area contributed by atoms with Gasteiger partial charge in [-0.25, -0.2) is 9.37 Å². The number of nitriles is 1. The highest BCUT2D eigenvalue weighted by Crippen LogP contribution is 2.55. The molecule has 9 rings (SSSR count). The average Bonchev–Trinajstić information content (AvgIpc) is 3.64. The molecule has 1 aromatic heterocycles. The lowest BCUT2D eigenvalue weighted by molar-refractivity contribution is -0.164. The number of anilines is 2. The zero-order chi connectivity index (χ0) is 43.8. The van der Waals surface area contributed by atoms with Gasteiger partial charge in [-0.3, -0.25) is 39.1 Å². The van der Waals surface area contributed by atoms with Gasteiger partial charge in [0.25, 0.3) is 17.7 Å². The lowest BCUT2D eigenvalue weighted by atomic mass is 9.49. The highest BCUT2D eigenvalue weighted by Gasteiger charge is 2.64. The number of nitrogens with one attached hydrogen (secondary N) is 2. The number of hydrogen-bond acceptors (Lipinski definition) is 11. The van der Waals surface area contributed by atoms with Gasteiger partial charge in [-0.1, -0.05) is 39.3 Å². The molecule has 6 heterocycles. The quantitative estimate of drug-likeness (QED) is 0.267. The minimum atomic E-state index is -1.10. The Morgan fingerprint density at radius 1 is 0.952 bits per heavy atom. The summed E-state index contributed by atoms with van der Waals surface area (Å²) in [7, 11) is 0. The first-order chi connectivity index (χ1) is 29.5. The Kier molecular flexibility index (Phi) is 10.5. The lowest BCUT2D eigenvalue weighted by Gasteiger charge is -2.63. The van der Waals surface area contributed by atoms with Gasteiger partial charge in [0.15, 0.2) is 0 Å². The number of hydrogen-bond donors (Lipinski definition) is 2. The molecule has 4 saturated heterocycles. The van der Waals surface area contributed by atoms with Crippen LogP contribution in [0.1, 0.15) is 103 Å². The summed E-state index contributed by atoms with van der Waals surface area (Å²) >= 11 is 6.25. The number of carbonyl (C=O) groups is 5. The number of piperidine rings is 2.